The molecule has 0 radical (unpaired) electrons. The lowest BCUT2D eigenvalue weighted by atomic mass is 9.82. The van der Waals surface area contributed by atoms with Gasteiger partial charge in [-0.25, -0.2) is 15.0 Å². The van der Waals surface area contributed by atoms with E-state index in [9.17, 15) is 10.2 Å². The van der Waals surface area contributed by atoms with Crippen LogP contribution in [0.25, 0.3) is 11.2 Å². The normalized spacial score (nSPS) is 26.7. The number of benzene rings is 1. The first-order valence-electron chi connectivity index (χ1n) is 11.2. The average molecular weight is 440 g/mol. The Balaban J connectivity index is 1.25. The molecule has 170 valence electrons. The summed E-state index contributed by atoms with van der Waals surface area (Å²) in [5.74, 6) is 0.838. The summed E-state index contributed by atoms with van der Waals surface area (Å²) in [6.45, 7) is 0.606. The van der Waals surface area contributed by atoms with Gasteiger partial charge in [0.05, 0.1) is 19.5 Å². The summed E-state index contributed by atoms with van der Waals surface area (Å²) in [7, 11) is 0. The standard InChI is InChI=1S/C23H29N5O4/c24-21-18-22(26-12-25-21)28(13-27-18)23-20(30)19(29)17(32-23)11-31-10-15-8-4-5-9-16(15)14-6-2-1-3-7-14/h4-5,8-9,12-14,17,19-20,23,29-30H,1-3,6-7,10-11H2,(H2,24,25,26)/t17-,19-,20-,23-/m1/s1. The summed E-state index contributed by atoms with van der Waals surface area (Å²) in [6.07, 6.45) is 5.39. The Morgan fingerprint density at radius 1 is 1.06 bits per heavy atom. The summed E-state index contributed by atoms with van der Waals surface area (Å²) in [5, 5.41) is 21.2. The molecule has 1 saturated heterocycles. The second-order valence-corrected chi connectivity index (χ2v) is 8.68. The van der Waals surface area contributed by atoms with Crippen molar-refractivity contribution in [2.75, 3.05) is 12.3 Å². The SMILES string of the molecule is Nc1ncnc2c1ncn2[C@@H]1O[C@H](COCc2ccccc2C2CCCCC2)[C@@H](O)[C@H]1O. The van der Waals surface area contributed by atoms with Crippen molar-refractivity contribution in [2.24, 2.45) is 0 Å². The molecule has 1 aliphatic heterocycles. The number of aliphatic hydroxyl groups is 2. The molecule has 3 heterocycles. The molecule has 0 amide bonds. The molecule has 2 aromatic heterocycles. The number of nitrogens with zero attached hydrogens (tertiary/aromatic N) is 4. The van der Waals surface area contributed by atoms with Crippen molar-refractivity contribution in [3.05, 3.63) is 48.0 Å². The van der Waals surface area contributed by atoms with Crippen LogP contribution in [-0.4, -0.2) is 54.7 Å². The zero-order valence-electron chi connectivity index (χ0n) is 17.9. The molecular weight excluding hydrogens is 410 g/mol. The van der Waals surface area contributed by atoms with Crippen LogP contribution in [0.4, 0.5) is 5.82 Å². The second kappa shape index (κ2) is 9.11. The van der Waals surface area contributed by atoms with Crippen molar-refractivity contribution < 1.29 is 19.7 Å². The predicted molar refractivity (Wildman–Crippen MR) is 118 cm³/mol. The highest BCUT2D eigenvalue weighted by Gasteiger charge is 2.44. The molecule has 4 atom stereocenters. The minimum Gasteiger partial charge on any atom is -0.387 e. The molecule has 5 rings (SSSR count). The van der Waals surface area contributed by atoms with Gasteiger partial charge in [0, 0.05) is 0 Å². The van der Waals surface area contributed by atoms with Gasteiger partial charge in [0.1, 0.15) is 30.2 Å². The van der Waals surface area contributed by atoms with Crippen LogP contribution >= 0.6 is 0 Å². The number of anilines is 1. The van der Waals surface area contributed by atoms with Gasteiger partial charge < -0.3 is 25.4 Å². The van der Waals surface area contributed by atoms with Crippen LogP contribution in [0.1, 0.15) is 55.4 Å². The number of fused-ring (bicyclic) bond motifs is 1. The molecule has 2 aliphatic rings. The fourth-order valence-corrected chi connectivity index (χ4v) is 4.92. The molecule has 2 fully saturated rings. The molecule has 4 N–H and O–H groups in total. The number of aliphatic hydroxyl groups excluding tert-OH is 2. The van der Waals surface area contributed by atoms with Crippen molar-refractivity contribution in [2.45, 2.75) is 69.2 Å². The van der Waals surface area contributed by atoms with E-state index in [1.54, 1.807) is 4.57 Å². The number of ether oxygens (including phenoxy) is 2. The molecule has 0 unspecified atom stereocenters. The summed E-state index contributed by atoms with van der Waals surface area (Å²) in [4.78, 5) is 12.3. The number of aromatic nitrogens is 4. The van der Waals surface area contributed by atoms with Gasteiger partial charge in [-0.2, -0.15) is 0 Å². The number of hydrogen-bond acceptors (Lipinski definition) is 8. The molecule has 9 nitrogen and oxygen atoms in total. The molecule has 1 aliphatic carbocycles. The Morgan fingerprint density at radius 2 is 1.88 bits per heavy atom. The maximum Gasteiger partial charge on any atom is 0.167 e. The molecule has 1 saturated carbocycles. The number of nitrogens with two attached hydrogens (primary N) is 1. The van der Waals surface area contributed by atoms with Crippen molar-refractivity contribution in [3.8, 4) is 0 Å². The van der Waals surface area contributed by atoms with E-state index in [1.807, 2.05) is 6.07 Å². The van der Waals surface area contributed by atoms with Gasteiger partial charge in [0.15, 0.2) is 17.7 Å². The van der Waals surface area contributed by atoms with E-state index in [-0.39, 0.29) is 12.4 Å². The van der Waals surface area contributed by atoms with E-state index < -0.39 is 24.5 Å². The minimum atomic E-state index is -1.15. The lowest BCUT2D eigenvalue weighted by Crippen LogP contribution is -2.33. The summed E-state index contributed by atoms with van der Waals surface area (Å²) >= 11 is 0. The van der Waals surface area contributed by atoms with Crippen LogP contribution in [0.15, 0.2) is 36.9 Å². The van der Waals surface area contributed by atoms with E-state index in [0.29, 0.717) is 23.7 Å². The molecule has 1 aromatic carbocycles. The highest BCUT2D eigenvalue weighted by atomic mass is 16.6. The summed E-state index contributed by atoms with van der Waals surface area (Å²) < 4.78 is 13.5. The number of rotatable bonds is 6. The number of nitrogen functional groups attached to an aromatic ring is 1. The zero-order chi connectivity index (χ0) is 22.1. The number of hydrogen-bond donors (Lipinski definition) is 3. The molecule has 3 aromatic rings. The van der Waals surface area contributed by atoms with Crippen molar-refractivity contribution in [3.63, 3.8) is 0 Å². The summed E-state index contributed by atoms with van der Waals surface area (Å²) in [6, 6.07) is 8.43. The molecular formula is C23H29N5O4. The lowest BCUT2D eigenvalue weighted by molar-refractivity contribution is -0.0683. The van der Waals surface area contributed by atoms with E-state index in [4.69, 9.17) is 15.2 Å². The Hall–Kier alpha value is -2.59. The van der Waals surface area contributed by atoms with Gasteiger partial charge in [0.2, 0.25) is 0 Å². The monoisotopic (exact) mass is 439 g/mol. The van der Waals surface area contributed by atoms with E-state index in [1.165, 1.54) is 55.9 Å². The maximum atomic E-state index is 10.6. The van der Waals surface area contributed by atoms with Crippen molar-refractivity contribution >= 4 is 17.0 Å². The van der Waals surface area contributed by atoms with Gasteiger partial charge in [-0.1, -0.05) is 43.5 Å². The van der Waals surface area contributed by atoms with Crippen LogP contribution in [0.3, 0.4) is 0 Å². The fourth-order valence-electron chi connectivity index (χ4n) is 4.92. The van der Waals surface area contributed by atoms with Crippen molar-refractivity contribution in [1.82, 2.24) is 19.5 Å². The summed E-state index contributed by atoms with van der Waals surface area (Å²) in [5.41, 5.74) is 9.25. The smallest absolute Gasteiger partial charge is 0.167 e. The van der Waals surface area contributed by atoms with Gasteiger partial charge in [-0.15, -0.1) is 0 Å². The fraction of sp³-hybridized carbons (Fsp3) is 0.522. The van der Waals surface area contributed by atoms with Crippen LogP contribution in [0.2, 0.25) is 0 Å². The van der Waals surface area contributed by atoms with E-state index in [2.05, 4.69) is 33.2 Å². The zero-order valence-corrected chi connectivity index (χ0v) is 17.9. The van der Waals surface area contributed by atoms with E-state index in [0.717, 1.165) is 0 Å². The van der Waals surface area contributed by atoms with Gasteiger partial charge in [-0.3, -0.25) is 4.57 Å². The van der Waals surface area contributed by atoms with Gasteiger partial charge >= 0.3 is 0 Å². The minimum absolute atomic E-state index is 0.164. The third kappa shape index (κ3) is 3.97. The molecule has 32 heavy (non-hydrogen) atoms. The van der Waals surface area contributed by atoms with Crippen molar-refractivity contribution in [1.29, 1.82) is 0 Å². The van der Waals surface area contributed by atoms with Crippen LogP contribution < -0.4 is 5.73 Å². The first kappa shape index (κ1) is 21.3. The average Bonchev–Trinajstić information content (AvgIpc) is 3.37. The Bertz CT molecular complexity index is 1070. The van der Waals surface area contributed by atoms with Crippen LogP contribution in [0, 0.1) is 0 Å². The first-order chi connectivity index (χ1) is 15.6. The number of imidazole rings is 1. The lowest BCUT2D eigenvalue weighted by Gasteiger charge is -2.24. The second-order valence-electron chi connectivity index (χ2n) is 8.68. The molecule has 0 bridgehead atoms. The van der Waals surface area contributed by atoms with E-state index >= 15 is 0 Å². The van der Waals surface area contributed by atoms with Gasteiger partial charge in [0.25, 0.3) is 0 Å². The third-order valence-electron chi connectivity index (χ3n) is 6.64. The quantitative estimate of drug-likeness (QED) is 0.534. The Labute approximate surface area is 186 Å². The molecule has 9 heteroatoms. The highest BCUT2D eigenvalue weighted by Crippen LogP contribution is 2.35. The van der Waals surface area contributed by atoms with Crippen LogP contribution in [0.5, 0.6) is 0 Å². The highest BCUT2D eigenvalue weighted by molar-refractivity contribution is 5.81. The van der Waals surface area contributed by atoms with Gasteiger partial charge in [-0.05, 0) is 29.9 Å². The third-order valence-corrected chi connectivity index (χ3v) is 6.64. The Morgan fingerprint density at radius 3 is 2.72 bits per heavy atom. The Kier molecular flexibility index (Phi) is 6.05. The largest absolute Gasteiger partial charge is 0.387 e. The predicted octanol–water partition coefficient (Wildman–Crippen LogP) is 2.29. The maximum absolute atomic E-state index is 10.6. The first-order valence-corrected chi connectivity index (χ1v) is 11.2. The topological polar surface area (TPSA) is 129 Å². The molecule has 0 spiro atoms. The van der Waals surface area contributed by atoms with Crippen LogP contribution in [-0.2, 0) is 16.1 Å².